The van der Waals surface area contributed by atoms with Gasteiger partial charge in [0.2, 0.25) is 5.95 Å². The first kappa shape index (κ1) is 30.0. The third kappa shape index (κ3) is 13.3. The van der Waals surface area contributed by atoms with E-state index in [1.54, 1.807) is 0 Å². The Kier molecular flexibility index (Phi) is 19.2. The van der Waals surface area contributed by atoms with Gasteiger partial charge in [0.25, 0.3) is 0 Å². The molecular weight excluding hydrogens is 528 g/mol. The van der Waals surface area contributed by atoms with E-state index in [-0.39, 0.29) is 38.9 Å². The van der Waals surface area contributed by atoms with Crippen molar-refractivity contribution in [3.8, 4) is 17.6 Å². The van der Waals surface area contributed by atoms with Crippen molar-refractivity contribution in [2.24, 2.45) is 5.34 Å². The average molecular weight is 540 g/mol. The summed E-state index contributed by atoms with van der Waals surface area (Å²) in [5.74, 6) is -3.92. The molecule has 0 unspecified atom stereocenters. The molecule has 25 heavy (non-hydrogen) atoms. The molecule has 0 atom stereocenters. The fourth-order valence-electron chi connectivity index (χ4n) is 1.01. The van der Waals surface area contributed by atoms with Gasteiger partial charge in [0.1, 0.15) is 0 Å². The molecule has 0 aliphatic heterocycles. The maximum atomic E-state index is 11.9. The number of hydrogen-bond donors (Lipinski definition) is 3. The van der Waals surface area contributed by atoms with Crippen LogP contribution in [0.5, 0.6) is 17.6 Å². The maximum Gasteiger partial charge on any atom is 4.00 e. The second-order valence-electron chi connectivity index (χ2n) is 3.18. The molecule has 14 heteroatoms. The summed E-state index contributed by atoms with van der Waals surface area (Å²) in [7, 11) is 0. The van der Waals surface area contributed by atoms with E-state index in [4.69, 9.17) is 10.1 Å². The molecule has 0 saturated heterocycles. The molecule has 0 amide bonds. The van der Waals surface area contributed by atoms with Crippen molar-refractivity contribution in [1.29, 1.82) is 0 Å². The van der Waals surface area contributed by atoms with E-state index in [0.29, 0.717) is 6.07 Å². The second-order valence-corrected chi connectivity index (χ2v) is 3.18. The van der Waals surface area contributed by atoms with Gasteiger partial charge in [-0.3, -0.25) is 4.98 Å². The molecule has 1 heterocycles. The monoisotopic (exact) mass is 540 g/mol. The molecule has 140 valence electrons. The molecule has 2 aromatic rings. The number of para-hydroxylation sites is 1. The summed E-state index contributed by atoms with van der Waals surface area (Å²) >= 11 is 0. The average Bonchev–Trinajstić information content (AvgIpc) is 2.38. The van der Waals surface area contributed by atoms with E-state index in [1.807, 2.05) is 0 Å². The van der Waals surface area contributed by atoms with Crippen LogP contribution in [-0.4, -0.2) is 21.1 Å². The first-order valence-corrected chi connectivity index (χ1v) is 5.14. The standard InChI is InChI=1S/C7H6O3.C4H3FN2O2.HNO2.2H3N.Pt/c8-6-4-2-1-3-5(6)7(9)10;5-2-1-3(8)7-4(9)6-2;2-1-3;;;/h1-4,8H,(H,9,10);1H,(H2,6,7,8,9);(H,2,3);2*1H3;/q;;;;;+4/p-4. The predicted molar refractivity (Wildman–Crippen MR) is 68.7 cm³/mol. The number of carboxylic acids is 1. The zero-order valence-electron chi connectivity index (χ0n) is 12.2. The number of nitrogens with zero attached hydrogens (tertiary/aromatic N) is 3. The number of aromatic carboxylic acids is 1. The van der Waals surface area contributed by atoms with Gasteiger partial charge in [0.05, 0.1) is 12.0 Å². The molecule has 0 spiro atoms. The quantitative estimate of drug-likeness (QED) is 0.210. The first-order valence-electron chi connectivity index (χ1n) is 5.14. The fraction of sp³-hybridized carbons (Fsp3) is 0. The first-order chi connectivity index (χ1) is 10.3. The van der Waals surface area contributed by atoms with Gasteiger partial charge in [-0.05, 0) is 11.4 Å². The predicted octanol–water partition coefficient (Wildman–Crippen LogP) is -1.65. The van der Waals surface area contributed by atoms with E-state index >= 15 is 0 Å². The maximum absolute atomic E-state index is 11.9. The fourth-order valence-corrected chi connectivity index (χ4v) is 1.01. The van der Waals surface area contributed by atoms with Crippen molar-refractivity contribution in [3.05, 3.63) is 46.8 Å². The minimum Gasteiger partial charge on any atom is -0.872 e. The summed E-state index contributed by atoms with van der Waals surface area (Å²) in [6, 6.07) is 4.82. The van der Waals surface area contributed by atoms with E-state index < -0.39 is 29.6 Å². The molecule has 0 aliphatic rings. The Hall–Kier alpha value is -2.89. The molecule has 0 aliphatic carbocycles. The summed E-state index contributed by atoms with van der Waals surface area (Å²) in [6.07, 6.45) is 0. The van der Waals surface area contributed by atoms with Crippen molar-refractivity contribution >= 4 is 5.97 Å². The van der Waals surface area contributed by atoms with Crippen molar-refractivity contribution in [3.63, 3.8) is 0 Å². The summed E-state index contributed by atoms with van der Waals surface area (Å²) in [6.45, 7) is 0. The molecule has 1 aromatic heterocycles. The van der Waals surface area contributed by atoms with Gasteiger partial charge in [-0.15, -0.1) is 4.91 Å². The zero-order chi connectivity index (χ0) is 17.1. The number of carbonyl (C=O) groups is 1. The van der Waals surface area contributed by atoms with Crippen LogP contribution in [0, 0.1) is 10.9 Å². The number of halogens is 1. The molecule has 2 rings (SSSR count). The Balaban J connectivity index is -0.000000139. The van der Waals surface area contributed by atoms with E-state index in [9.17, 15) is 29.6 Å². The van der Waals surface area contributed by atoms with Crippen molar-refractivity contribution in [1.82, 2.24) is 22.3 Å². The minimum atomic E-state index is -1.43. The van der Waals surface area contributed by atoms with E-state index in [0.717, 1.165) is 0 Å². The number of aromatic nitrogens is 2. The molecular formula is C11H12FN5O7Pt. The van der Waals surface area contributed by atoms with Gasteiger partial charge in [0, 0.05) is 6.07 Å². The molecule has 0 fully saturated rings. The van der Waals surface area contributed by atoms with Crippen LogP contribution in [0.1, 0.15) is 10.4 Å². The van der Waals surface area contributed by atoms with Crippen molar-refractivity contribution < 1.29 is 55.9 Å². The Bertz CT molecular complexity index is 599. The topological polar surface area (TPSA) is 255 Å². The molecule has 12 nitrogen and oxygen atoms in total. The largest absolute Gasteiger partial charge is 4.00 e. The van der Waals surface area contributed by atoms with Crippen LogP contribution in [0.2, 0.25) is 0 Å². The summed E-state index contributed by atoms with van der Waals surface area (Å²) in [5.41, 5.74) is -0.289. The summed E-state index contributed by atoms with van der Waals surface area (Å²) in [4.78, 5) is 23.7. The third-order valence-corrected chi connectivity index (χ3v) is 1.76. The smallest absolute Gasteiger partial charge is 0.872 e. The third-order valence-electron chi connectivity index (χ3n) is 1.76. The Morgan fingerprint density at radius 1 is 1.12 bits per heavy atom. The molecule has 1 aromatic carbocycles. The van der Waals surface area contributed by atoms with Crippen LogP contribution in [-0.2, 0) is 21.1 Å². The van der Waals surface area contributed by atoms with Gasteiger partial charge in [-0.25, -0.2) is 4.98 Å². The molecule has 0 saturated carbocycles. The summed E-state index contributed by atoms with van der Waals surface area (Å²) in [5, 5.41) is 48.8. The van der Waals surface area contributed by atoms with Crippen LogP contribution in [0.4, 0.5) is 4.39 Å². The summed E-state index contributed by atoms with van der Waals surface area (Å²) < 4.78 is 11.9. The number of carboxylic acid groups (broad SMARTS) is 1. The van der Waals surface area contributed by atoms with E-state index in [1.165, 1.54) is 29.6 Å². The van der Waals surface area contributed by atoms with Gasteiger partial charge in [0.15, 0.2) is 5.34 Å². The Morgan fingerprint density at radius 3 is 1.92 bits per heavy atom. The molecule has 0 bridgehead atoms. The van der Waals surface area contributed by atoms with Crippen LogP contribution in [0.3, 0.4) is 0 Å². The SMILES string of the molecule is N.N.O=C([O-])c1ccccc1[O-].O=NO.[O-]c1cc(F)nc([O-])n1.[Pt+4]. The Labute approximate surface area is 154 Å². The van der Waals surface area contributed by atoms with Gasteiger partial charge in [-0.2, -0.15) is 4.39 Å². The van der Waals surface area contributed by atoms with Crippen LogP contribution >= 0.6 is 0 Å². The van der Waals surface area contributed by atoms with Crippen molar-refractivity contribution in [2.75, 3.05) is 0 Å². The number of rotatable bonds is 1. The second kappa shape index (κ2) is 16.0. The minimum absolute atomic E-state index is 0. The Morgan fingerprint density at radius 2 is 1.60 bits per heavy atom. The number of carbonyl (C=O) groups excluding carboxylic acids is 1. The normalized spacial score (nSPS) is 7.56. The van der Waals surface area contributed by atoms with Gasteiger partial charge >= 0.3 is 21.1 Å². The molecule has 7 N–H and O–H groups in total. The van der Waals surface area contributed by atoms with Crippen molar-refractivity contribution in [2.45, 2.75) is 0 Å². The van der Waals surface area contributed by atoms with Crippen LogP contribution < -0.4 is 32.7 Å². The van der Waals surface area contributed by atoms with E-state index in [2.05, 4.69) is 9.97 Å². The molecule has 0 radical (unpaired) electrons. The van der Waals surface area contributed by atoms with Gasteiger partial charge in [-0.1, -0.05) is 30.0 Å². The van der Waals surface area contributed by atoms with Crippen LogP contribution in [0.25, 0.3) is 0 Å². The zero-order valence-corrected chi connectivity index (χ0v) is 14.5. The number of hydrogen-bond acceptors (Lipinski definition) is 11. The van der Waals surface area contributed by atoms with Crippen LogP contribution in [0.15, 0.2) is 35.7 Å². The number of benzene rings is 1. The van der Waals surface area contributed by atoms with Gasteiger partial charge < -0.3 is 42.7 Å².